The second-order valence-electron chi connectivity index (χ2n) is 8.52. The summed E-state index contributed by atoms with van der Waals surface area (Å²) in [6, 6.07) is 24.3. The predicted molar refractivity (Wildman–Crippen MR) is 142 cm³/mol. The first-order chi connectivity index (χ1) is 17.4. The topological polar surface area (TPSA) is 101 Å². The minimum atomic E-state index is -0.194. The quantitative estimate of drug-likeness (QED) is 0.261. The molecule has 0 atom stereocenters. The number of fused-ring (bicyclic) bond motifs is 1. The number of nitrogens with zero attached hydrogens (tertiary/aromatic N) is 4. The van der Waals surface area contributed by atoms with Crippen LogP contribution in [0.5, 0.6) is 0 Å². The Bertz CT molecular complexity index is 1600. The standard InChI is InChI=1S/C28H25N7O/c1-34-15-13-24(14-16-34)31-21-8-10-23(11-9-21)33-28(36)19-3-6-22(7-4-19)32-27-25-17-20(29)5-12-26(25)35(2)18-30-27/h3-18H,29H2,1-2H3,(H,33,36)/p+1. The molecule has 0 radical (unpaired) electrons. The third-order valence-corrected chi connectivity index (χ3v) is 5.77. The second kappa shape index (κ2) is 9.71. The van der Waals surface area contributed by atoms with Crippen molar-refractivity contribution in [1.29, 1.82) is 0 Å². The van der Waals surface area contributed by atoms with Gasteiger partial charge < -0.3 is 20.9 Å². The summed E-state index contributed by atoms with van der Waals surface area (Å²) in [6.45, 7) is 0. The average Bonchev–Trinajstić information content (AvgIpc) is 2.88. The number of carbonyl (C=O) groups is 1. The van der Waals surface area contributed by atoms with E-state index in [1.54, 1.807) is 30.6 Å². The molecule has 3 aromatic carbocycles. The Morgan fingerprint density at radius 1 is 0.917 bits per heavy atom. The number of carbonyl (C=O) groups excluding carboxylic acids is 1. The maximum atomic E-state index is 12.8. The highest BCUT2D eigenvalue weighted by Crippen LogP contribution is 2.20. The van der Waals surface area contributed by atoms with Crippen LogP contribution < -0.4 is 26.4 Å². The van der Waals surface area contributed by atoms with Crippen LogP contribution in [-0.4, -0.2) is 15.5 Å². The van der Waals surface area contributed by atoms with E-state index < -0.39 is 0 Å². The molecule has 5 aromatic rings. The highest BCUT2D eigenvalue weighted by Gasteiger charge is 2.07. The van der Waals surface area contributed by atoms with Gasteiger partial charge in [-0.25, -0.2) is 14.5 Å². The summed E-state index contributed by atoms with van der Waals surface area (Å²) in [5, 5.41) is 7.13. The summed E-state index contributed by atoms with van der Waals surface area (Å²) in [4.78, 5) is 21.9. The van der Waals surface area contributed by atoms with Gasteiger partial charge in [0, 0.05) is 47.2 Å². The van der Waals surface area contributed by atoms with Gasteiger partial charge in [-0.1, -0.05) is 0 Å². The summed E-state index contributed by atoms with van der Waals surface area (Å²) in [7, 11) is 3.90. The van der Waals surface area contributed by atoms with Crippen LogP contribution in [0.3, 0.4) is 0 Å². The van der Waals surface area contributed by atoms with Crippen LogP contribution in [0, 0.1) is 0 Å². The van der Waals surface area contributed by atoms with Gasteiger partial charge in [0.2, 0.25) is 0 Å². The lowest BCUT2D eigenvalue weighted by Crippen LogP contribution is -2.25. The summed E-state index contributed by atoms with van der Waals surface area (Å²) in [6.07, 6.45) is 5.67. The van der Waals surface area contributed by atoms with E-state index in [9.17, 15) is 4.79 Å². The molecule has 8 nitrogen and oxygen atoms in total. The van der Waals surface area contributed by atoms with Crippen molar-refractivity contribution in [3.8, 4) is 0 Å². The minimum absolute atomic E-state index is 0.194. The molecule has 0 aliphatic heterocycles. The Balaban J connectivity index is 1.29. The molecular formula is C28H26N7O+. The largest absolute Gasteiger partial charge is 0.399 e. The zero-order valence-electron chi connectivity index (χ0n) is 20.0. The predicted octanol–water partition coefficient (Wildman–Crippen LogP) is 4.21. The number of nitrogens with one attached hydrogen (secondary N) is 2. The van der Waals surface area contributed by atoms with Crippen LogP contribution >= 0.6 is 0 Å². The van der Waals surface area contributed by atoms with Crippen LogP contribution in [0.25, 0.3) is 10.9 Å². The van der Waals surface area contributed by atoms with E-state index in [0.717, 1.165) is 22.3 Å². The highest BCUT2D eigenvalue weighted by molar-refractivity contribution is 6.04. The Hall–Kier alpha value is -4.98. The van der Waals surface area contributed by atoms with Gasteiger partial charge in [0.05, 0.1) is 23.2 Å². The molecule has 2 aromatic heterocycles. The summed E-state index contributed by atoms with van der Waals surface area (Å²) < 4.78 is 3.90. The molecule has 0 fully saturated rings. The maximum absolute atomic E-state index is 12.8. The van der Waals surface area contributed by atoms with E-state index in [4.69, 9.17) is 5.73 Å². The van der Waals surface area contributed by atoms with Crippen LogP contribution in [-0.2, 0) is 14.1 Å². The fraction of sp³-hybridized carbons (Fsp3) is 0.0714. The highest BCUT2D eigenvalue weighted by atomic mass is 16.1. The van der Waals surface area contributed by atoms with E-state index in [2.05, 4.69) is 20.6 Å². The summed E-state index contributed by atoms with van der Waals surface area (Å²) in [5.41, 5.74) is 12.0. The third-order valence-electron chi connectivity index (χ3n) is 5.77. The molecule has 0 aliphatic rings. The molecule has 8 heteroatoms. The van der Waals surface area contributed by atoms with Crippen molar-refractivity contribution < 1.29 is 9.36 Å². The molecule has 0 spiro atoms. The van der Waals surface area contributed by atoms with Gasteiger partial charge in [-0.05, 0) is 66.7 Å². The first-order valence-corrected chi connectivity index (χ1v) is 11.4. The van der Waals surface area contributed by atoms with Gasteiger partial charge in [0.15, 0.2) is 17.9 Å². The number of hydrogen-bond donors (Lipinski definition) is 3. The summed E-state index contributed by atoms with van der Waals surface area (Å²) in [5.74, 6) is -0.194. The molecule has 2 heterocycles. The van der Waals surface area contributed by atoms with Gasteiger partial charge in [-0.3, -0.25) is 4.79 Å². The van der Waals surface area contributed by atoms with E-state index in [0.29, 0.717) is 28.1 Å². The monoisotopic (exact) mass is 476 g/mol. The first-order valence-electron chi connectivity index (χ1n) is 11.4. The number of pyridine rings is 1. The lowest BCUT2D eigenvalue weighted by Gasteiger charge is -2.09. The van der Waals surface area contributed by atoms with Gasteiger partial charge in [-0.15, -0.1) is 0 Å². The fourth-order valence-corrected chi connectivity index (χ4v) is 3.80. The maximum Gasteiger partial charge on any atom is 0.255 e. The molecule has 0 saturated carbocycles. The van der Waals surface area contributed by atoms with E-state index in [-0.39, 0.29) is 5.91 Å². The zero-order valence-corrected chi connectivity index (χ0v) is 20.0. The number of anilines is 4. The molecule has 1 amide bonds. The fourth-order valence-electron chi connectivity index (χ4n) is 3.80. The smallest absolute Gasteiger partial charge is 0.255 e. The lowest BCUT2D eigenvalue weighted by atomic mass is 10.2. The SMILES string of the molecule is Cn1cnc(=Nc2ccc(C(=O)Nc3ccc(Nc4cc[n+](C)cc4)cc3)cc2)c2cc(N)ccc21. The Morgan fingerprint density at radius 3 is 2.31 bits per heavy atom. The van der Waals surface area contributed by atoms with Gasteiger partial charge in [0.25, 0.3) is 5.91 Å². The third kappa shape index (κ3) is 5.07. The van der Waals surface area contributed by atoms with Gasteiger partial charge in [-0.2, -0.15) is 0 Å². The number of nitrogens with two attached hydrogens (primary N) is 1. The number of hydrogen-bond acceptors (Lipinski definition) is 5. The van der Waals surface area contributed by atoms with Crippen LogP contribution in [0.15, 0.2) is 103 Å². The molecular weight excluding hydrogens is 450 g/mol. The second-order valence-corrected chi connectivity index (χ2v) is 8.52. The lowest BCUT2D eigenvalue weighted by molar-refractivity contribution is -0.671. The molecule has 4 N–H and O–H groups in total. The number of rotatable bonds is 5. The van der Waals surface area contributed by atoms with E-state index in [1.165, 1.54) is 0 Å². The molecule has 0 bridgehead atoms. The van der Waals surface area contributed by atoms with E-state index in [1.807, 2.05) is 90.2 Å². The molecule has 0 aliphatic carbocycles. The van der Waals surface area contributed by atoms with Crippen molar-refractivity contribution in [3.63, 3.8) is 0 Å². The summed E-state index contributed by atoms with van der Waals surface area (Å²) >= 11 is 0. The van der Waals surface area contributed by atoms with Gasteiger partial charge in [0.1, 0.15) is 7.05 Å². The van der Waals surface area contributed by atoms with Crippen molar-refractivity contribution in [1.82, 2.24) is 9.55 Å². The minimum Gasteiger partial charge on any atom is -0.399 e. The molecule has 0 unspecified atom stereocenters. The first kappa shape index (κ1) is 22.8. The number of aromatic nitrogens is 3. The van der Waals surface area contributed by atoms with Crippen LogP contribution in [0.2, 0.25) is 0 Å². The normalized spacial score (nSPS) is 11.4. The van der Waals surface area contributed by atoms with Crippen LogP contribution in [0.1, 0.15) is 10.4 Å². The van der Waals surface area contributed by atoms with E-state index >= 15 is 0 Å². The Labute approximate surface area is 208 Å². The van der Waals surface area contributed by atoms with Crippen LogP contribution in [0.4, 0.5) is 28.4 Å². The number of nitrogen functional groups attached to an aromatic ring is 1. The molecule has 178 valence electrons. The van der Waals surface area contributed by atoms with Crippen molar-refractivity contribution >= 4 is 45.2 Å². The average molecular weight is 477 g/mol. The Kier molecular flexibility index (Phi) is 6.15. The van der Waals surface area contributed by atoms with Crippen molar-refractivity contribution in [2.45, 2.75) is 0 Å². The Morgan fingerprint density at radius 2 is 1.58 bits per heavy atom. The number of benzene rings is 3. The van der Waals surface area contributed by atoms with Crippen molar-refractivity contribution in [3.05, 3.63) is 109 Å². The number of amides is 1. The zero-order chi connectivity index (χ0) is 25.1. The van der Waals surface area contributed by atoms with Crippen molar-refractivity contribution in [2.24, 2.45) is 19.1 Å². The molecule has 36 heavy (non-hydrogen) atoms. The van der Waals surface area contributed by atoms with Gasteiger partial charge >= 0.3 is 0 Å². The molecule has 5 rings (SSSR count). The molecule has 0 saturated heterocycles. The van der Waals surface area contributed by atoms with Crippen molar-refractivity contribution in [2.75, 3.05) is 16.4 Å². The number of aryl methyl sites for hydroxylation is 2.